The van der Waals surface area contributed by atoms with E-state index in [0.29, 0.717) is 28.4 Å². The van der Waals surface area contributed by atoms with Crippen LogP contribution in [-0.2, 0) is 30.7 Å². The Morgan fingerprint density at radius 3 is 2.51 bits per heavy atom. The Kier molecular flexibility index (Phi) is 13.7. The van der Waals surface area contributed by atoms with Crippen LogP contribution < -0.4 is 16.0 Å². The number of fused-ring (bicyclic) bond motifs is 2. The molecule has 2 aromatic carbocycles. The van der Waals surface area contributed by atoms with Crippen molar-refractivity contribution >= 4 is 42.8 Å². The van der Waals surface area contributed by atoms with Gasteiger partial charge in [-0.1, -0.05) is 45.5 Å². The maximum Gasteiger partial charge on any atom is 0.407 e. The average molecular weight is 782 g/mol. The van der Waals surface area contributed by atoms with E-state index >= 15 is 0 Å². The van der Waals surface area contributed by atoms with Gasteiger partial charge in [-0.15, -0.1) is 0 Å². The van der Waals surface area contributed by atoms with Crippen molar-refractivity contribution in [3.63, 3.8) is 0 Å². The molecule has 0 aliphatic carbocycles. The molecule has 3 heterocycles. The van der Waals surface area contributed by atoms with Gasteiger partial charge in [-0.05, 0) is 81.5 Å². The number of alkyl carbamates (subject to hydrolysis) is 1. The number of nitrogens with zero attached hydrogens (tertiary/aromatic N) is 2. The molecule has 3 aromatic rings. The molecular weight excluding hydrogens is 729 g/mol. The molecule has 12 nitrogen and oxygen atoms in total. The molecule has 2 fully saturated rings. The predicted molar refractivity (Wildman–Crippen MR) is 200 cm³/mol. The van der Waals surface area contributed by atoms with Gasteiger partial charge in [-0.2, -0.15) is 4.31 Å². The SMILES string of the molecule is CCC[C@]1(NCC)CO[C@@H]2OCC(OC(=O)N[C@@H](Cc3cc(F)cc(F)c3)[C@H](O)CN(CC(C)C)S(=O)(=O)c3ccc4nc(NC(C)C)sc4c3)C2C1. The number of aliphatic hydroxyl groups is 1. The van der Waals surface area contributed by atoms with Crippen LogP contribution in [0.3, 0.4) is 0 Å². The minimum Gasteiger partial charge on any atom is -0.443 e. The first-order valence-corrected chi connectivity index (χ1v) is 20.6. The van der Waals surface area contributed by atoms with E-state index in [0.717, 1.165) is 37.6 Å². The highest BCUT2D eigenvalue weighted by molar-refractivity contribution is 7.89. The van der Waals surface area contributed by atoms with Crippen molar-refractivity contribution in [2.45, 2.75) is 108 Å². The van der Waals surface area contributed by atoms with Crippen molar-refractivity contribution < 1.29 is 41.3 Å². The van der Waals surface area contributed by atoms with Crippen LogP contribution in [0.25, 0.3) is 10.2 Å². The number of thiazole rings is 1. The van der Waals surface area contributed by atoms with Crippen LogP contribution in [0.4, 0.5) is 18.7 Å². The molecule has 16 heteroatoms. The summed E-state index contributed by atoms with van der Waals surface area (Å²) >= 11 is 1.34. The maximum atomic E-state index is 14.3. The fourth-order valence-electron chi connectivity index (χ4n) is 7.25. The second kappa shape index (κ2) is 17.6. The molecular formula is C37H53F2N5O7S2. The third-order valence-electron chi connectivity index (χ3n) is 9.46. The van der Waals surface area contributed by atoms with Gasteiger partial charge in [0, 0.05) is 30.7 Å². The minimum absolute atomic E-state index is 0.0240. The second-order valence-corrected chi connectivity index (χ2v) is 17.8. The van der Waals surface area contributed by atoms with Crippen LogP contribution in [0, 0.1) is 23.5 Å². The molecule has 0 saturated carbocycles. The number of hydrogen-bond acceptors (Lipinski definition) is 11. The molecule has 294 valence electrons. The first-order valence-electron chi connectivity index (χ1n) is 18.4. The van der Waals surface area contributed by atoms with Gasteiger partial charge < -0.3 is 35.3 Å². The normalized spacial score (nSPS) is 23.1. The topological polar surface area (TPSA) is 151 Å². The fraction of sp³-hybridized carbons (Fsp3) is 0.622. The summed E-state index contributed by atoms with van der Waals surface area (Å²) in [6.45, 7) is 12.8. The van der Waals surface area contributed by atoms with Gasteiger partial charge in [0.1, 0.15) is 17.7 Å². The lowest BCUT2D eigenvalue weighted by molar-refractivity contribution is -0.179. The smallest absolute Gasteiger partial charge is 0.407 e. The lowest BCUT2D eigenvalue weighted by Crippen LogP contribution is -2.57. The Labute approximate surface area is 315 Å². The van der Waals surface area contributed by atoms with Crippen LogP contribution in [0.1, 0.15) is 66.4 Å². The number of benzene rings is 2. The Bertz CT molecular complexity index is 1780. The van der Waals surface area contributed by atoms with Crippen LogP contribution in [0.15, 0.2) is 41.3 Å². The van der Waals surface area contributed by atoms with Crippen molar-refractivity contribution in [3.8, 4) is 0 Å². The molecule has 2 aliphatic heterocycles. The lowest BCUT2D eigenvalue weighted by atomic mass is 9.80. The van der Waals surface area contributed by atoms with Gasteiger partial charge in [0.15, 0.2) is 11.4 Å². The van der Waals surface area contributed by atoms with Crippen molar-refractivity contribution in [3.05, 3.63) is 53.6 Å². The largest absolute Gasteiger partial charge is 0.443 e. The highest BCUT2D eigenvalue weighted by Gasteiger charge is 2.50. The van der Waals surface area contributed by atoms with Crippen molar-refractivity contribution in [1.82, 2.24) is 19.9 Å². The van der Waals surface area contributed by atoms with Gasteiger partial charge in [0.2, 0.25) is 10.0 Å². The molecule has 2 aliphatic rings. The summed E-state index contributed by atoms with van der Waals surface area (Å²) in [4.78, 5) is 18.1. The van der Waals surface area contributed by atoms with E-state index in [2.05, 4.69) is 27.9 Å². The Balaban J connectivity index is 1.37. The number of carbonyl (C=O) groups is 1. The van der Waals surface area contributed by atoms with Crippen molar-refractivity contribution in [2.24, 2.45) is 11.8 Å². The maximum absolute atomic E-state index is 14.3. The minimum atomic E-state index is -4.17. The Hall–Kier alpha value is -2.99. The number of carbonyl (C=O) groups excluding carboxylic acids is 1. The molecule has 0 spiro atoms. The van der Waals surface area contributed by atoms with E-state index in [9.17, 15) is 27.1 Å². The summed E-state index contributed by atoms with van der Waals surface area (Å²) in [6.07, 6.45) is -1.33. The van der Waals surface area contributed by atoms with E-state index in [4.69, 9.17) is 14.2 Å². The number of ether oxygens (including phenoxy) is 3. The van der Waals surface area contributed by atoms with E-state index in [1.165, 1.54) is 21.7 Å². The van der Waals surface area contributed by atoms with Crippen molar-refractivity contribution in [1.29, 1.82) is 0 Å². The zero-order chi connectivity index (χ0) is 38.5. The van der Waals surface area contributed by atoms with Gasteiger partial charge in [0.05, 0.1) is 46.4 Å². The molecule has 53 heavy (non-hydrogen) atoms. The zero-order valence-electron chi connectivity index (χ0n) is 31.2. The highest BCUT2D eigenvalue weighted by Crippen LogP contribution is 2.39. The van der Waals surface area contributed by atoms with E-state index in [1.807, 2.05) is 34.6 Å². The quantitative estimate of drug-likeness (QED) is 0.135. The summed E-state index contributed by atoms with van der Waals surface area (Å²) < 4.78 is 76.5. The number of sulfonamides is 1. The molecule has 5 rings (SSSR count). The summed E-state index contributed by atoms with van der Waals surface area (Å²) in [7, 11) is -4.17. The second-order valence-electron chi connectivity index (χ2n) is 14.8. The summed E-state index contributed by atoms with van der Waals surface area (Å²) in [6, 6.07) is 6.58. The standard InChI is InChI=1S/C37H53F2N5O7S2/c1-7-11-37(40-8-2)17-28-32(20-49-34(28)50-21-37)51-36(46)43-30(14-24-12-25(38)15-26(39)13-24)31(45)19-44(18-22(3)4)53(47,48)27-9-10-29-33(16-27)52-35(42-29)41-23(5)6/h9-10,12-13,15-16,22-23,28,30-32,34,40,45H,7-8,11,14,17-21H2,1-6H3,(H,41,42)(H,43,46)/t28?,30-,31+,32?,34-,37+/m0/s1. The number of anilines is 1. The molecule has 1 amide bonds. The highest BCUT2D eigenvalue weighted by atomic mass is 32.2. The fourth-order valence-corrected chi connectivity index (χ4v) is 10.0. The van der Waals surface area contributed by atoms with Gasteiger partial charge in [-0.3, -0.25) is 0 Å². The first-order chi connectivity index (χ1) is 25.1. The summed E-state index contributed by atoms with van der Waals surface area (Å²) in [5, 5.41) is 21.9. The number of aliphatic hydroxyl groups excluding tert-OH is 1. The van der Waals surface area contributed by atoms with Gasteiger partial charge in [-0.25, -0.2) is 27.0 Å². The Morgan fingerprint density at radius 2 is 1.85 bits per heavy atom. The number of rotatable bonds is 17. The molecule has 0 bridgehead atoms. The zero-order valence-corrected chi connectivity index (χ0v) is 32.9. The molecule has 1 aromatic heterocycles. The van der Waals surface area contributed by atoms with Crippen molar-refractivity contribution in [2.75, 3.05) is 38.2 Å². The average Bonchev–Trinajstić information content (AvgIpc) is 3.65. The third kappa shape index (κ3) is 10.4. The number of halogens is 2. The predicted octanol–water partition coefficient (Wildman–Crippen LogP) is 5.65. The van der Waals surface area contributed by atoms with Crippen LogP contribution >= 0.6 is 11.3 Å². The number of nitrogens with one attached hydrogen (secondary N) is 3. The summed E-state index contributed by atoms with van der Waals surface area (Å²) in [5.41, 5.74) is 0.514. The Morgan fingerprint density at radius 1 is 1.11 bits per heavy atom. The summed E-state index contributed by atoms with van der Waals surface area (Å²) in [5.74, 6) is -2.03. The number of hydrogen-bond donors (Lipinski definition) is 4. The van der Waals surface area contributed by atoms with Gasteiger partial charge >= 0.3 is 6.09 Å². The molecule has 6 atom stereocenters. The molecule has 2 saturated heterocycles. The van der Waals surface area contributed by atoms with E-state index in [-0.39, 0.29) is 53.4 Å². The monoisotopic (exact) mass is 781 g/mol. The van der Waals surface area contributed by atoms with Crippen LogP contribution in [0.5, 0.6) is 0 Å². The van der Waals surface area contributed by atoms with E-state index in [1.54, 1.807) is 12.1 Å². The van der Waals surface area contributed by atoms with E-state index < -0.39 is 58.8 Å². The van der Waals surface area contributed by atoms with Crippen LogP contribution in [0.2, 0.25) is 0 Å². The number of likely N-dealkylation sites (N-methyl/N-ethyl adjacent to an activating group) is 1. The molecule has 4 N–H and O–H groups in total. The molecule has 2 unspecified atom stereocenters. The molecule has 0 radical (unpaired) electrons. The number of amides is 1. The first kappa shape index (κ1) is 41.2. The van der Waals surface area contributed by atoms with Crippen LogP contribution in [-0.4, -0.2) is 97.9 Å². The lowest BCUT2D eigenvalue weighted by Gasteiger charge is -2.43. The number of aromatic nitrogens is 1. The van der Waals surface area contributed by atoms with Gasteiger partial charge in [0.25, 0.3) is 0 Å². The third-order valence-corrected chi connectivity index (χ3v) is 12.2.